The molecule has 0 radical (unpaired) electrons. The second-order valence-corrected chi connectivity index (χ2v) is 12.0. The van der Waals surface area contributed by atoms with Crippen LogP contribution >= 0.6 is 11.3 Å². The zero-order valence-electron chi connectivity index (χ0n) is 23.2. The average Bonchev–Trinajstić information content (AvgIpc) is 3.58. The van der Waals surface area contributed by atoms with Crippen molar-refractivity contribution in [2.45, 2.75) is 11.3 Å². The Kier molecular flexibility index (Phi) is 5.69. The molecule has 4 aromatic carbocycles. The van der Waals surface area contributed by atoms with Gasteiger partial charge in [-0.25, -0.2) is 9.88 Å². The summed E-state index contributed by atoms with van der Waals surface area (Å²) in [7, 11) is 1.36. The zero-order valence-corrected chi connectivity index (χ0v) is 24.0. The lowest BCUT2D eigenvalue weighted by Crippen LogP contribution is -2.54. The Morgan fingerprint density at radius 1 is 0.977 bits per heavy atom. The van der Waals surface area contributed by atoms with Crippen LogP contribution in [0.4, 0.5) is 16.5 Å². The first kappa shape index (κ1) is 26.2. The number of non-ortho nitro benzene ring substituents is 1. The number of amides is 2. The lowest BCUT2D eigenvalue weighted by atomic mass is 9.47. The van der Waals surface area contributed by atoms with Crippen molar-refractivity contribution in [2.24, 2.45) is 16.9 Å². The number of hydrogen-bond acceptors (Lipinski definition) is 9. The van der Waals surface area contributed by atoms with Crippen molar-refractivity contribution in [3.8, 4) is 5.75 Å². The number of benzene rings is 4. The van der Waals surface area contributed by atoms with Gasteiger partial charge in [0.2, 0.25) is 16.9 Å². The molecule has 2 bridgehead atoms. The number of para-hydroxylation sites is 1. The number of carbonyl (C=O) groups excluding carboxylic acids is 2. The predicted molar refractivity (Wildman–Crippen MR) is 166 cm³/mol. The normalized spacial score (nSPS) is 23.1. The van der Waals surface area contributed by atoms with Crippen molar-refractivity contribution >= 4 is 56.1 Å². The number of hydrogen-bond donors (Lipinski definition) is 1. The van der Waals surface area contributed by atoms with Crippen LogP contribution in [0.25, 0.3) is 10.2 Å². The molecular weight excluding hydrogens is 578 g/mol. The average molecular weight is 602 g/mol. The molecule has 2 heterocycles. The van der Waals surface area contributed by atoms with Gasteiger partial charge in [-0.2, -0.15) is 5.10 Å². The van der Waals surface area contributed by atoms with Gasteiger partial charge < -0.3 is 4.74 Å². The minimum Gasteiger partial charge on any atom is -0.494 e. The fraction of sp³-hybridized carbons (Fsp3) is 0.152. The molecule has 1 N–H and O–H groups in total. The van der Waals surface area contributed by atoms with E-state index in [1.54, 1.807) is 6.21 Å². The standard InChI is InChI=1S/C33H23N5O5S/c1-43-25-16-18(38(41)42)14-15-24(25)37-30(39)28-27-19-8-2-4-10-21(19)33(29(28)31(37)40,22-11-5-3-9-20(22)27)17-34-36-32-35-23-12-6-7-13-26(23)44-32/h2-17,27-29H,1H3,(H,35,36)/b34-17-/t27?,28-,29-,33?/m1/s1. The number of carbonyl (C=O) groups is 2. The molecule has 1 aliphatic heterocycles. The molecule has 10 nitrogen and oxygen atoms in total. The first-order valence-electron chi connectivity index (χ1n) is 14.0. The van der Waals surface area contributed by atoms with Crippen LogP contribution in [0.3, 0.4) is 0 Å². The highest BCUT2D eigenvalue weighted by Gasteiger charge is 2.68. The number of fused-ring (bicyclic) bond motifs is 1. The molecule has 1 fully saturated rings. The van der Waals surface area contributed by atoms with Crippen molar-refractivity contribution in [1.82, 2.24) is 4.98 Å². The summed E-state index contributed by atoms with van der Waals surface area (Å²) >= 11 is 1.47. The Morgan fingerprint density at radius 2 is 1.66 bits per heavy atom. The van der Waals surface area contributed by atoms with Crippen LogP contribution in [0.2, 0.25) is 0 Å². The highest BCUT2D eigenvalue weighted by atomic mass is 32.1. The van der Waals surface area contributed by atoms with Gasteiger partial charge in [-0.05, 0) is 40.5 Å². The third kappa shape index (κ3) is 3.47. The monoisotopic (exact) mass is 601 g/mol. The van der Waals surface area contributed by atoms with E-state index < -0.39 is 28.1 Å². The molecule has 0 unspecified atom stereocenters. The van der Waals surface area contributed by atoms with Crippen molar-refractivity contribution in [3.05, 3.63) is 123 Å². The molecular formula is C33H23N5O5S. The van der Waals surface area contributed by atoms with Crippen molar-refractivity contribution in [3.63, 3.8) is 0 Å². The molecule has 44 heavy (non-hydrogen) atoms. The maximum Gasteiger partial charge on any atom is 0.273 e. The Bertz CT molecular complexity index is 1990. The highest BCUT2D eigenvalue weighted by molar-refractivity contribution is 7.22. The number of rotatable bonds is 6. The lowest BCUT2D eigenvalue weighted by Gasteiger charge is -2.52. The Morgan fingerprint density at radius 3 is 2.34 bits per heavy atom. The molecule has 2 atom stereocenters. The summed E-state index contributed by atoms with van der Waals surface area (Å²) in [5, 5.41) is 16.8. The second kappa shape index (κ2) is 9.55. The maximum atomic E-state index is 14.6. The van der Waals surface area contributed by atoms with E-state index in [0.717, 1.165) is 37.4 Å². The second-order valence-electron chi connectivity index (χ2n) is 11.0. The highest BCUT2D eigenvalue weighted by Crippen LogP contribution is 2.64. The number of thiazole rings is 1. The lowest BCUT2D eigenvalue weighted by molar-refractivity contribution is -0.384. The molecule has 1 aromatic heterocycles. The van der Waals surface area contributed by atoms with E-state index in [0.29, 0.717) is 5.13 Å². The van der Waals surface area contributed by atoms with Gasteiger partial charge >= 0.3 is 0 Å². The maximum absolute atomic E-state index is 14.6. The number of ether oxygens (including phenoxy) is 1. The molecule has 2 amide bonds. The third-order valence-corrected chi connectivity index (χ3v) is 9.96. The smallest absolute Gasteiger partial charge is 0.273 e. The molecule has 0 saturated carbocycles. The van der Waals surface area contributed by atoms with Crippen LogP contribution in [0.15, 0.2) is 96.1 Å². The minimum atomic E-state index is -1.08. The summed E-state index contributed by atoms with van der Waals surface area (Å²) in [6.45, 7) is 0. The van der Waals surface area contributed by atoms with Crippen LogP contribution in [0, 0.1) is 22.0 Å². The molecule has 216 valence electrons. The molecule has 5 aromatic rings. The number of anilines is 2. The number of imide groups is 1. The van der Waals surface area contributed by atoms with Crippen LogP contribution in [0.5, 0.6) is 5.75 Å². The fourth-order valence-corrected chi connectivity index (χ4v) is 8.18. The fourth-order valence-electron chi connectivity index (χ4n) is 7.36. The Balaban J connectivity index is 1.31. The van der Waals surface area contributed by atoms with Crippen LogP contribution in [0.1, 0.15) is 28.2 Å². The van der Waals surface area contributed by atoms with Gasteiger partial charge in [-0.3, -0.25) is 25.1 Å². The quantitative estimate of drug-likeness (QED) is 0.112. The summed E-state index contributed by atoms with van der Waals surface area (Å²) in [5.41, 5.74) is 6.61. The molecule has 1 saturated heterocycles. The van der Waals surface area contributed by atoms with E-state index in [-0.39, 0.29) is 28.9 Å². The summed E-state index contributed by atoms with van der Waals surface area (Å²) < 4.78 is 6.48. The van der Waals surface area contributed by atoms with Gasteiger partial charge in [0.1, 0.15) is 5.75 Å². The number of nitro groups is 1. The first-order chi connectivity index (χ1) is 21.4. The van der Waals surface area contributed by atoms with Gasteiger partial charge in [0, 0.05) is 18.2 Å². The van der Waals surface area contributed by atoms with Gasteiger partial charge in [-0.15, -0.1) is 0 Å². The van der Waals surface area contributed by atoms with Crippen LogP contribution in [-0.2, 0) is 15.0 Å². The number of nitrogens with zero attached hydrogens (tertiary/aromatic N) is 4. The topological polar surface area (TPSA) is 127 Å². The van der Waals surface area contributed by atoms with Gasteiger partial charge in [-0.1, -0.05) is 72.0 Å². The van der Waals surface area contributed by atoms with E-state index in [2.05, 4.69) is 10.4 Å². The van der Waals surface area contributed by atoms with Crippen molar-refractivity contribution in [1.29, 1.82) is 0 Å². The zero-order chi connectivity index (χ0) is 30.2. The number of hydrazone groups is 1. The molecule has 11 heteroatoms. The first-order valence-corrected chi connectivity index (χ1v) is 14.8. The van der Waals surface area contributed by atoms with Crippen molar-refractivity contribution < 1.29 is 19.2 Å². The largest absolute Gasteiger partial charge is 0.494 e. The summed E-state index contributed by atoms with van der Waals surface area (Å²) in [5.74, 6) is -2.61. The molecule has 3 aliphatic carbocycles. The summed E-state index contributed by atoms with van der Waals surface area (Å²) in [6, 6.07) is 27.5. The molecule has 0 spiro atoms. The van der Waals surface area contributed by atoms with Crippen LogP contribution < -0.4 is 15.1 Å². The van der Waals surface area contributed by atoms with E-state index in [9.17, 15) is 19.7 Å². The number of nitro benzene ring substituents is 1. The van der Waals surface area contributed by atoms with Gasteiger partial charge in [0.15, 0.2) is 0 Å². The predicted octanol–water partition coefficient (Wildman–Crippen LogP) is 5.86. The van der Waals surface area contributed by atoms with Gasteiger partial charge in [0.05, 0.1) is 51.3 Å². The number of nitrogens with one attached hydrogen (secondary N) is 1. The Labute approximate surface area is 254 Å². The van der Waals surface area contributed by atoms with E-state index >= 15 is 0 Å². The number of aromatic nitrogens is 1. The molecule has 4 aliphatic rings. The Hall–Kier alpha value is -5.42. The number of methoxy groups -OCH3 is 1. The van der Waals surface area contributed by atoms with E-state index in [1.807, 2.05) is 72.8 Å². The summed E-state index contributed by atoms with van der Waals surface area (Å²) in [4.78, 5) is 45.7. The van der Waals surface area contributed by atoms with E-state index in [4.69, 9.17) is 9.84 Å². The van der Waals surface area contributed by atoms with Crippen molar-refractivity contribution in [2.75, 3.05) is 17.4 Å². The minimum absolute atomic E-state index is 0.0714. The van der Waals surface area contributed by atoms with Gasteiger partial charge in [0.25, 0.3) is 5.69 Å². The third-order valence-electron chi connectivity index (χ3n) is 9.02. The summed E-state index contributed by atoms with van der Waals surface area (Å²) in [6.07, 6.45) is 1.76. The van der Waals surface area contributed by atoms with E-state index in [1.165, 1.54) is 36.6 Å². The molecule has 9 rings (SSSR count). The van der Waals surface area contributed by atoms with Crippen LogP contribution in [-0.4, -0.2) is 35.0 Å². The SMILES string of the molecule is COc1cc([N+](=O)[O-])ccc1N1C(=O)[C@@H]2C3c4ccccc4C(/C=N\Nc4nc5ccccc5s4)(c4ccccc43)[C@H]2C1=O.